The van der Waals surface area contributed by atoms with Crippen LogP contribution >= 0.6 is 0 Å². The van der Waals surface area contributed by atoms with Crippen LogP contribution < -0.4 is 15.6 Å². The molecule has 16 heavy (non-hydrogen) atoms. The summed E-state index contributed by atoms with van der Waals surface area (Å²) in [5.74, 6) is 0.202. The quantitative estimate of drug-likeness (QED) is 0.756. The molecule has 1 aliphatic rings. The van der Waals surface area contributed by atoms with Gasteiger partial charge in [-0.2, -0.15) is 0 Å². The minimum atomic E-state index is -3.85. The summed E-state index contributed by atoms with van der Waals surface area (Å²) in [7, 11) is -3.85. The monoisotopic (exact) mass is 243 g/mol. The molecule has 6 nitrogen and oxygen atoms in total. The summed E-state index contributed by atoms with van der Waals surface area (Å²) < 4.78 is 28.0. The Kier molecular flexibility index (Phi) is 2.83. The van der Waals surface area contributed by atoms with E-state index in [0.29, 0.717) is 5.56 Å². The van der Waals surface area contributed by atoms with E-state index in [0.717, 1.165) is 12.8 Å². The number of primary sulfonamides is 1. The molecule has 1 aromatic heterocycles. The molecule has 1 saturated carbocycles. The highest BCUT2D eigenvalue weighted by atomic mass is 32.2. The zero-order valence-electron chi connectivity index (χ0n) is 8.59. The molecule has 1 aromatic rings. The summed E-state index contributed by atoms with van der Waals surface area (Å²) in [4.78, 5) is 3.78. The number of nitrogens with zero attached hydrogens (tertiary/aromatic N) is 1. The lowest BCUT2D eigenvalue weighted by molar-refractivity contribution is 0.292. The van der Waals surface area contributed by atoms with Crippen molar-refractivity contribution in [1.29, 1.82) is 0 Å². The molecule has 0 unspecified atom stereocenters. The van der Waals surface area contributed by atoms with Crippen molar-refractivity contribution in [3.05, 3.63) is 17.8 Å². The first-order valence-corrected chi connectivity index (χ1v) is 6.44. The van der Waals surface area contributed by atoms with E-state index in [1.807, 2.05) is 0 Å². The molecule has 2 rings (SSSR count). The molecule has 0 spiro atoms. The van der Waals surface area contributed by atoms with Gasteiger partial charge in [0, 0.05) is 12.7 Å². The average molecular weight is 243 g/mol. The van der Waals surface area contributed by atoms with Gasteiger partial charge >= 0.3 is 0 Å². The second-order valence-corrected chi connectivity index (χ2v) is 5.19. The minimum Gasteiger partial charge on any atom is -0.487 e. The largest absolute Gasteiger partial charge is 0.487 e. The summed E-state index contributed by atoms with van der Waals surface area (Å²) >= 11 is 0. The molecule has 0 amide bonds. The topological polar surface area (TPSA) is 108 Å². The van der Waals surface area contributed by atoms with Crippen LogP contribution in [0.4, 0.5) is 0 Å². The normalized spacial score (nSPS) is 16.1. The van der Waals surface area contributed by atoms with Gasteiger partial charge in [0.2, 0.25) is 5.03 Å². The van der Waals surface area contributed by atoms with Crippen molar-refractivity contribution in [2.24, 2.45) is 10.9 Å². The van der Waals surface area contributed by atoms with E-state index < -0.39 is 10.0 Å². The number of nitrogens with two attached hydrogens (primary N) is 2. The van der Waals surface area contributed by atoms with Crippen molar-refractivity contribution in [2.45, 2.75) is 30.5 Å². The molecule has 4 N–H and O–H groups in total. The van der Waals surface area contributed by atoms with Crippen molar-refractivity contribution in [1.82, 2.24) is 4.98 Å². The number of ether oxygens (including phenoxy) is 1. The number of hydrogen-bond acceptors (Lipinski definition) is 5. The number of rotatable bonds is 4. The fourth-order valence-electron chi connectivity index (χ4n) is 1.25. The van der Waals surface area contributed by atoms with Crippen molar-refractivity contribution < 1.29 is 13.2 Å². The number of sulfonamides is 1. The highest BCUT2D eigenvalue weighted by molar-refractivity contribution is 7.89. The Morgan fingerprint density at radius 1 is 1.50 bits per heavy atom. The van der Waals surface area contributed by atoms with Gasteiger partial charge in [0.05, 0.1) is 6.10 Å². The van der Waals surface area contributed by atoms with Crippen LogP contribution in [0.5, 0.6) is 5.75 Å². The maximum Gasteiger partial charge on any atom is 0.259 e. The van der Waals surface area contributed by atoms with E-state index >= 15 is 0 Å². The molecule has 88 valence electrons. The summed E-state index contributed by atoms with van der Waals surface area (Å²) in [6.07, 6.45) is 3.32. The van der Waals surface area contributed by atoms with Crippen LogP contribution in [0.25, 0.3) is 0 Å². The van der Waals surface area contributed by atoms with Crippen LogP contribution in [0, 0.1) is 0 Å². The van der Waals surface area contributed by atoms with Gasteiger partial charge in [-0.15, -0.1) is 0 Å². The Hall–Kier alpha value is -1.18. The molecule has 0 bridgehead atoms. The molecule has 0 aromatic carbocycles. The number of pyridine rings is 1. The maximum atomic E-state index is 11.3. The van der Waals surface area contributed by atoms with Crippen molar-refractivity contribution in [3.63, 3.8) is 0 Å². The van der Waals surface area contributed by atoms with Gasteiger partial charge in [0.25, 0.3) is 10.0 Å². The summed E-state index contributed by atoms with van der Waals surface area (Å²) in [6.45, 7) is 0.277. The van der Waals surface area contributed by atoms with Crippen LogP contribution in [0.1, 0.15) is 18.4 Å². The van der Waals surface area contributed by atoms with Crippen molar-refractivity contribution in [2.75, 3.05) is 0 Å². The van der Waals surface area contributed by atoms with Gasteiger partial charge in [0.15, 0.2) is 5.75 Å². The fraction of sp³-hybridized carbons (Fsp3) is 0.444. The third-order valence-corrected chi connectivity index (χ3v) is 3.04. The molecule has 1 heterocycles. The zero-order chi connectivity index (χ0) is 11.8. The van der Waals surface area contributed by atoms with Crippen LogP contribution in [0.3, 0.4) is 0 Å². The van der Waals surface area contributed by atoms with Gasteiger partial charge in [-0.3, -0.25) is 0 Å². The fourth-order valence-corrected chi connectivity index (χ4v) is 1.83. The second kappa shape index (κ2) is 4.00. The van der Waals surface area contributed by atoms with Gasteiger partial charge in [-0.05, 0) is 24.5 Å². The molecule has 0 radical (unpaired) electrons. The predicted molar refractivity (Wildman–Crippen MR) is 57.2 cm³/mol. The third-order valence-electron chi connectivity index (χ3n) is 2.20. The highest BCUT2D eigenvalue weighted by Gasteiger charge is 2.27. The summed E-state index contributed by atoms with van der Waals surface area (Å²) in [5.41, 5.74) is 6.16. The van der Waals surface area contributed by atoms with Crippen molar-refractivity contribution in [3.8, 4) is 5.75 Å². The molecular formula is C9H13N3O3S. The van der Waals surface area contributed by atoms with Crippen LogP contribution in [0.15, 0.2) is 17.3 Å². The van der Waals surface area contributed by atoms with Gasteiger partial charge in [0.1, 0.15) is 0 Å². The van der Waals surface area contributed by atoms with Crippen LogP contribution in [0.2, 0.25) is 0 Å². The van der Waals surface area contributed by atoms with Gasteiger partial charge in [-0.25, -0.2) is 18.5 Å². The molecule has 1 fully saturated rings. The molecule has 0 saturated heterocycles. The Bertz CT molecular complexity index is 497. The lowest BCUT2D eigenvalue weighted by Gasteiger charge is -2.09. The van der Waals surface area contributed by atoms with Crippen LogP contribution in [-0.2, 0) is 16.6 Å². The lowest BCUT2D eigenvalue weighted by atomic mass is 10.3. The second-order valence-electron chi connectivity index (χ2n) is 3.71. The predicted octanol–water partition coefficient (Wildman–Crippen LogP) is -0.271. The zero-order valence-corrected chi connectivity index (χ0v) is 9.40. The molecule has 0 aliphatic heterocycles. The summed E-state index contributed by atoms with van der Waals surface area (Å²) in [6, 6.07) is 1.57. The minimum absolute atomic E-state index is 0.0790. The van der Waals surface area contributed by atoms with E-state index in [-0.39, 0.29) is 23.4 Å². The van der Waals surface area contributed by atoms with Crippen LogP contribution in [-0.4, -0.2) is 19.5 Å². The van der Waals surface area contributed by atoms with Gasteiger partial charge in [-0.1, -0.05) is 0 Å². The number of hydrogen-bond donors (Lipinski definition) is 2. The lowest BCUT2D eigenvalue weighted by Crippen LogP contribution is -2.16. The molecule has 0 atom stereocenters. The van der Waals surface area contributed by atoms with E-state index in [1.54, 1.807) is 6.07 Å². The first kappa shape index (κ1) is 11.3. The smallest absolute Gasteiger partial charge is 0.259 e. The Labute approximate surface area is 93.7 Å². The van der Waals surface area contributed by atoms with Gasteiger partial charge < -0.3 is 10.5 Å². The van der Waals surface area contributed by atoms with E-state index in [9.17, 15) is 8.42 Å². The first-order valence-electron chi connectivity index (χ1n) is 4.89. The molecular weight excluding hydrogens is 230 g/mol. The Morgan fingerprint density at radius 3 is 2.69 bits per heavy atom. The number of aromatic nitrogens is 1. The SMILES string of the molecule is NCc1cnc(S(N)(=O)=O)c(OC2CC2)c1. The van der Waals surface area contributed by atoms with E-state index in [2.05, 4.69) is 4.98 Å². The molecule has 1 aliphatic carbocycles. The highest BCUT2D eigenvalue weighted by Crippen LogP contribution is 2.30. The molecule has 7 heteroatoms. The average Bonchev–Trinajstić information content (AvgIpc) is 3.00. The van der Waals surface area contributed by atoms with Crippen molar-refractivity contribution >= 4 is 10.0 Å². The van der Waals surface area contributed by atoms with E-state index in [4.69, 9.17) is 15.6 Å². The summed E-state index contributed by atoms with van der Waals surface area (Å²) in [5, 5.41) is 4.82. The Morgan fingerprint density at radius 2 is 2.19 bits per heavy atom. The maximum absolute atomic E-state index is 11.3. The standard InChI is InChI=1S/C9H13N3O3S/c10-4-6-3-8(15-7-1-2-7)9(12-5-6)16(11,13)14/h3,5,7H,1-2,4,10H2,(H2,11,13,14). The Balaban J connectivity index is 2.41. The third kappa shape index (κ3) is 2.49. The van der Waals surface area contributed by atoms with E-state index in [1.165, 1.54) is 6.20 Å². The first-order chi connectivity index (χ1) is 7.50.